The van der Waals surface area contributed by atoms with Gasteiger partial charge in [-0.15, -0.1) is 11.3 Å². The van der Waals surface area contributed by atoms with Crippen LogP contribution < -0.4 is 5.32 Å². The van der Waals surface area contributed by atoms with E-state index in [1.807, 2.05) is 72.1 Å². The summed E-state index contributed by atoms with van der Waals surface area (Å²) in [5, 5.41) is 5.84. The number of amides is 1. The van der Waals surface area contributed by atoms with Crippen molar-refractivity contribution >= 4 is 34.1 Å². The Kier molecular flexibility index (Phi) is 5.63. The Morgan fingerprint density at radius 3 is 2.52 bits per heavy atom. The lowest BCUT2D eigenvalue weighted by Gasteiger charge is -2.18. The van der Waals surface area contributed by atoms with Gasteiger partial charge in [0.05, 0.1) is 11.6 Å². The van der Waals surface area contributed by atoms with E-state index in [9.17, 15) is 9.59 Å². The Balaban J connectivity index is 1.42. The van der Waals surface area contributed by atoms with Gasteiger partial charge in [-0.3, -0.25) is 4.79 Å². The van der Waals surface area contributed by atoms with E-state index in [0.717, 1.165) is 15.8 Å². The summed E-state index contributed by atoms with van der Waals surface area (Å²) in [6, 6.07) is 24.2. The maximum absolute atomic E-state index is 12.5. The number of fused-ring (bicyclic) bond motifs is 1. The van der Waals surface area contributed by atoms with Crippen LogP contribution in [0.1, 0.15) is 27.0 Å². The summed E-state index contributed by atoms with van der Waals surface area (Å²) in [5.41, 5.74) is 1.84. The molecular weight excluding hydrogens is 384 g/mol. The SMILES string of the molecule is O=C(COC(=O)c1ccc2ccccc2n1)NC(c1ccccc1)c1cccs1. The van der Waals surface area contributed by atoms with Crippen molar-refractivity contribution in [2.24, 2.45) is 0 Å². The fourth-order valence-corrected chi connectivity index (χ4v) is 3.81. The van der Waals surface area contributed by atoms with E-state index in [-0.39, 0.29) is 24.2 Å². The number of hydrogen-bond donors (Lipinski definition) is 1. The van der Waals surface area contributed by atoms with Crippen molar-refractivity contribution in [2.45, 2.75) is 6.04 Å². The molecule has 2 aromatic heterocycles. The van der Waals surface area contributed by atoms with Gasteiger partial charge in [0.1, 0.15) is 5.69 Å². The first-order valence-electron chi connectivity index (χ1n) is 9.11. The summed E-state index contributed by atoms with van der Waals surface area (Å²) in [7, 11) is 0. The number of esters is 1. The molecule has 0 fully saturated rings. The van der Waals surface area contributed by atoms with Crippen LogP contribution in [-0.4, -0.2) is 23.5 Å². The highest BCUT2D eigenvalue weighted by molar-refractivity contribution is 7.10. The quantitative estimate of drug-likeness (QED) is 0.487. The Bertz CT molecular complexity index is 1130. The predicted octanol–water partition coefficient (Wildman–Crippen LogP) is 4.36. The molecule has 1 N–H and O–H groups in total. The highest BCUT2D eigenvalue weighted by Crippen LogP contribution is 2.25. The molecule has 0 aliphatic carbocycles. The third kappa shape index (κ3) is 4.50. The molecule has 29 heavy (non-hydrogen) atoms. The van der Waals surface area contributed by atoms with E-state index in [1.54, 1.807) is 23.5 Å². The van der Waals surface area contributed by atoms with Crippen molar-refractivity contribution in [3.8, 4) is 0 Å². The number of aromatic nitrogens is 1. The van der Waals surface area contributed by atoms with Gasteiger partial charge in [0.2, 0.25) is 0 Å². The van der Waals surface area contributed by atoms with Crippen LogP contribution in [0, 0.1) is 0 Å². The standard InChI is InChI=1S/C23H18N2O3S/c26-21(25-22(20-11-6-14-29-20)17-8-2-1-3-9-17)15-28-23(27)19-13-12-16-7-4-5-10-18(16)24-19/h1-14,22H,15H2,(H,25,26). The van der Waals surface area contributed by atoms with E-state index in [4.69, 9.17) is 4.74 Å². The number of nitrogens with one attached hydrogen (secondary N) is 1. The highest BCUT2D eigenvalue weighted by atomic mass is 32.1. The number of para-hydroxylation sites is 1. The molecule has 0 spiro atoms. The monoisotopic (exact) mass is 402 g/mol. The Morgan fingerprint density at radius 1 is 0.931 bits per heavy atom. The second-order valence-electron chi connectivity index (χ2n) is 6.39. The molecule has 4 aromatic rings. The summed E-state index contributed by atoms with van der Waals surface area (Å²) in [6.45, 7) is -0.373. The Hall–Kier alpha value is -3.51. The van der Waals surface area contributed by atoms with Gasteiger partial charge in [0, 0.05) is 10.3 Å². The molecule has 144 valence electrons. The molecule has 0 aliphatic heterocycles. The summed E-state index contributed by atoms with van der Waals surface area (Å²) < 4.78 is 5.18. The summed E-state index contributed by atoms with van der Waals surface area (Å²) in [5.74, 6) is -1.00. The number of hydrogen-bond acceptors (Lipinski definition) is 5. The van der Waals surface area contributed by atoms with E-state index in [1.165, 1.54) is 0 Å². The Morgan fingerprint density at radius 2 is 1.72 bits per heavy atom. The summed E-state index contributed by atoms with van der Waals surface area (Å²) in [6.07, 6.45) is 0. The number of nitrogens with zero attached hydrogens (tertiary/aromatic N) is 1. The van der Waals surface area contributed by atoms with Crippen LogP contribution in [0.2, 0.25) is 0 Å². The van der Waals surface area contributed by atoms with E-state index in [0.29, 0.717) is 5.52 Å². The third-order valence-corrected chi connectivity index (χ3v) is 5.35. The molecule has 0 aliphatic rings. The summed E-state index contributed by atoms with van der Waals surface area (Å²) in [4.78, 5) is 30.1. The second kappa shape index (κ2) is 8.67. The Labute approximate surface area is 172 Å². The number of carbonyl (C=O) groups is 2. The molecule has 4 rings (SSSR count). The van der Waals surface area contributed by atoms with Gasteiger partial charge in [0.25, 0.3) is 5.91 Å². The highest BCUT2D eigenvalue weighted by Gasteiger charge is 2.19. The second-order valence-corrected chi connectivity index (χ2v) is 7.37. The average Bonchev–Trinajstić information content (AvgIpc) is 3.30. The molecule has 1 atom stereocenters. The fourth-order valence-electron chi connectivity index (χ4n) is 3.01. The minimum absolute atomic E-state index is 0.175. The zero-order valence-electron chi connectivity index (χ0n) is 15.4. The van der Waals surface area contributed by atoms with Crippen molar-refractivity contribution < 1.29 is 14.3 Å². The number of carbonyl (C=O) groups excluding carboxylic acids is 2. The van der Waals surface area contributed by atoms with Gasteiger partial charge in [0.15, 0.2) is 6.61 Å². The smallest absolute Gasteiger partial charge is 0.357 e. The topological polar surface area (TPSA) is 68.3 Å². The lowest BCUT2D eigenvalue weighted by atomic mass is 10.1. The maximum atomic E-state index is 12.5. The van der Waals surface area contributed by atoms with Gasteiger partial charge in [-0.25, -0.2) is 9.78 Å². The van der Waals surface area contributed by atoms with E-state index >= 15 is 0 Å². The van der Waals surface area contributed by atoms with Gasteiger partial charge < -0.3 is 10.1 Å². The van der Waals surface area contributed by atoms with Crippen molar-refractivity contribution in [3.63, 3.8) is 0 Å². The third-order valence-electron chi connectivity index (χ3n) is 4.41. The molecule has 2 heterocycles. The average molecular weight is 402 g/mol. The first kappa shape index (κ1) is 18.8. The lowest BCUT2D eigenvalue weighted by molar-refractivity contribution is -0.124. The number of pyridine rings is 1. The van der Waals surface area contributed by atoms with Crippen LogP contribution in [0.5, 0.6) is 0 Å². The first-order valence-corrected chi connectivity index (χ1v) is 9.99. The van der Waals surface area contributed by atoms with Crippen LogP contribution in [-0.2, 0) is 9.53 Å². The largest absolute Gasteiger partial charge is 0.451 e. The molecule has 0 saturated carbocycles. The van der Waals surface area contributed by atoms with Crippen LogP contribution >= 0.6 is 11.3 Å². The molecule has 0 saturated heterocycles. The normalized spacial score (nSPS) is 11.7. The number of benzene rings is 2. The molecular formula is C23H18N2O3S. The van der Waals surface area contributed by atoms with Gasteiger partial charge >= 0.3 is 5.97 Å². The predicted molar refractivity (Wildman–Crippen MR) is 113 cm³/mol. The van der Waals surface area contributed by atoms with Crippen molar-refractivity contribution in [3.05, 3.63) is 100 Å². The molecule has 1 unspecified atom stereocenters. The number of thiophene rings is 1. The molecule has 6 heteroatoms. The molecule has 1 amide bonds. The number of rotatable bonds is 6. The molecule has 5 nitrogen and oxygen atoms in total. The number of ether oxygens (including phenoxy) is 1. The van der Waals surface area contributed by atoms with Crippen LogP contribution in [0.4, 0.5) is 0 Å². The van der Waals surface area contributed by atoms with Gasteiger partial charge in [-0.1, -0.05) is 60.7 Å². The van der Waals surface area contributed by atoms with Crippen LogP contribution in [0.3, 0.4) is 0 Å². The zero-order valence-corrected chi connectivity index (χ0v) is 16.3. The molecule has 2 aromatic carbocycles. The molecule has 0 bridgehead atoms. The minimum Gasteiger partial charge on any atom is -0.451 e. The fraction of sp³-hybridized carbons (Fsp3) is 0.0870. The maximum Gasteiger partial charge on any atom is 0.357 e. The van der Waals surface area contributed by atoms with Crippen molar-refractivity contribution in [2.75, 3.05) is 6.61 Å². The van der Waals surface area contributed by atoms with Crippen LogP contribution in [0.15, 0.2) is 84.2 Å². The first-order chi connectivity index (χ1) is 14.2. The zero-order chi connectivity index (χ0) is 20.1. The van der Waals surface area contributed by atoms with Crippen molar-refractivity contribution in [1.29, 1.82) is 0 Å². The lowest BCUT2D eigenvalue weighted by Crippen LogP contribution is -2.32. The van der Waals surface area contributed by atoms with Gasteiger partial charge in [-0.2, -0.15) is 0 Å². The van der Waals surface area contributed by atoms with Crippen molar-refractivity contribution in [1.82, 2.24) is 10.3 Å². The van der Waals surface area contributed by atoms with Crippen LogP contribution in [0.25, 0.3) is 10.9 Å². The molecule has 0 radical (unpaired) electrons. The van der Waals surface area contributed by atoms with Gasteiger partial charge in [-0.05, 0) is 29.1 Å². The minimum atomic E-state index is -0.627. The van der Waals surface area contributed by atoms with E-state index in [2.05, 4.69) is 10.3 Å². The van der Waals surface area contributed by atoms with E-state index < -0.39 is 5.97 Å². The summed E-state index contributed by atoms with van der Waals surface area (Å²) >= 11 is 1.56.